The third kappa shape index (κ3) is 4.29. The van der Waals surface area contributed by atoms with Gasteiger partial charge in [0.25, 0.3) is 0 Å². The van der Waals surface area contributed by atoms with Crippen LogP contribution in [-0.4, -0.2) is 23.2 Å². The summed E-state index contributed by atoms with van der Waals surface area (Å²) in [5.41, 5.74) is -0.802. The van der Waals surface area contributed by atoms with E-state index < -0.39 is 11.5 Å². The van der Waals surface area contributed by atoms with Crippen molar-refractivity contribution in [2.45, 2.75) is 45.1 Å². The average Bonchev–Trinajstić information content (AvgIpc) is 2.13. The summed E-state index contributed by atoms with van der Waals surface area (Å²) in [5, 5.41) is 12.1. The molecule has 0 heterocycles. The quantitative estimate of drug-likeness (QED) is 0.482. The van der Waals surface area contributed by atoms with Gasteiger partial charge in [-0.05, 0) is 26.3 Å². The smallest absolute Gasteiger partial charge is 0.323 e. The maximum atomic E-state index is 11.0. The minimum absolute atomic E-state index is 0.637. The number of hydrogen-bond donors (Lipinski definition) is 2. The molecule has 1 unspecified atom stereocenters. The number of carboxylic acid groups (broad SMARTS) is 1. The van der Waals surface area contributed by atoms with Gasteiger partial charge in [0.2, 0.25) is 0 Å². The van der Waals surface area contributed by atoms with Gasteiger partial charge in [0.15, 0.2) is 0 Å². The van der Waals surface area contributed by atoms with E-state index in [-0.39, 0.29) is 0 Å². The van der Waals surface area contributed by atoms with Crippen molar-refractivity contribution in [3.63, 3.8) is 0 Å². The van der Waals surface area contributed by atoms with E-state index in [1.807, 2.05) is 6.92 Å². The molecular formula is C11H19NO2. The number of carboxylic acids is 1. The lowest BCUT2D eigenvalue weighted by atomic mass is 9.96. The van der Waals surface area contributed by atoms with E-state index >= 15 is 0 Å². The summed E-state index contributed by atoms with van der Waals surface area (Å²) >= 11 is 0. The number of nitrogens with one attached hydrogen (secondary N) is 1. The van der Waals surface area contributed by atoms with Gasteiger partial charge < -0.3 is 10.4 Å². The second-order valence-electron chi connectivity index (χ2n) is 3.62. The van der Waals surface area contributed by atoms with Gasteiger partial charge in [-0.2, -0.15) is 0 Å². The van der Waals surface area contributed by atoms with Crippen LogP contribution in [0.5, 0.6) is 0 Å². The fourth-order valence-corrected chi connectivity index (χ4v) is 1.33. The SMILES string of the molecule is C#CCCCNC(C)(CCC)C(=O)O. The minimum Gasteiger partial charge on any atom is -0.480 e. The summed E-state index contributed by atoms with van der Waals surface area (Å²) in [5.74, 6) is 1.74. The Kier molecular flexibility index (Phi) is 5.98. The predicted octanol–water partition coefficient (Wildman–Crippen LogP) is 1.63. The van der Waals surface area contributed by atoms with Crippen molar-refractivity contribution in [1.29, 1.82) is 0 Å². The van der Waals surface area contributed by atoms with E-state index in [2.05, 4.69) is 11.2 Å². The molecule has 0 aliphatic heterocycles. The van der Waals surface area contributed by atoms with Crippen LogP contribution in [0.15, 0.2) is 0 Å². The molecule has 1 atom stereocenters. The molecule has 0 fully saturated rings. The summed E-state index contributed by atoms with van der Waals surface area (Å²) in [4.78, 5) is 11.0. The number of rotatable bonds is 7. The molecule has 0 saturated carbocycles. The fourth-order valence-electron chi connectivity index (χ4n) is 1.33. The van der Waals surface area contributed by atoms with Crippen molar-refractivity contribution in [1.82, 2.24) is 5.32 Å². The van der Waals surface area contributed by atoms with Crippen LogP contribution in [0.1, 0.15) is 39.5 Å². The maximum absolute atomic E-state index is 11.0. The Morgan fingerprint density at radius 3 is 2.71 bits per heavy atom. The van der Waals surface area contributed by atoms with Crippen LogP contribution in [0.4, 0.5) is 0 Å². The standard InChI is InChI=1S/C11H19NO2/c1-4-6-7-9-12-11(3,8-5-2)10(13)14/h1,12H,5-9H2,2-3H3,(H,13,14). The first kappa shape index (κ1) is 13.0. The zero-order valence-electron chi connectivity index (χ0n) is 8.97. The largest absolute Gasteiger partial charge is 0.480 e. The molecule has 0 amide bonds. The van der Waals surface area contributed by atoms with Crippen LogP contribution in [0.2, 0.25) is 0 Å². The Morgan fingerprint density at radius 2 is 2.29 bits per heavy atom. The van der Waals surface area contributed by atoms with E-state index in [1.165, 1.54) is 0 Å². The van der Waals surface area contributed by atoms with Crippen LogP contribution in [0, 0.1) is 12.3 Å². The summed E-state index contributed by atoms with van der Waals surface area (Å²) in [6, 6.07) is 0. The van der Waals surface area contributed by atoms with Gasteiger partial charge in [-0.15, -0.1) is 12.3 Å². The Bertz CT molecular complexity index is 220. The van der Waals surface area contributed by atoms with Crippen LogP contribution in [0.25, 0.3) is 0 Å². The highest BCUT2D eigenvalue weighted by Crippen LogP contribution is 2.12. The average molecular weight is 197 g/mol. The summed E-state index contributed by atoms with van der Waals surface area (Å²) in [6.45, 7) is 4.35. The summed E-state index contributed by atoms with van der Waals surface area (Å²) in [7, 11) is 0. The number of terminal acetylenes is 1. The van der Waals surface area contributed by atoms with Crippen LogP contribution in [-0.2, 0) is 4.79 Å². The highest BCUT2D eigenvalue weighted by atomic mass is 16.4. The third-order valence-corrected chi connectivity index (χ3v) is 2.24. The Labute approximate surface area is 85.9 Å². The van der Waals surface area contributed by atoms with Crippen molar-refractivity contribution in [2.24, 2.45) is 0 Å². The maximum Gasteiger partial charge on any atom is 0.323 e. The molecule has 80 valence electrons. The molecule has 0 aromatic rings. The second kappa shape index (κ2) is 6.44. The first-order chi connectivity index (χ1) is 6.56. The van der Waals surface area contributed by atoms with Gasteiger partial charge in [-0.25, -0.2) is 0 Å². The lowest BCUT2D eigenvalue weighted by Crippen LogP contribution is -2.49. The molecule has 0 aliphatic carbocycles. The van der Waals surface area contributed by atoms with Gasteiger partial charge >= 0.3 is 5.97 Å². The molecule has 3 heteroatoms. The molecule has 0 bridgehead atoms. The molecule has 0 saturated heterocycles. The molecule has 0 spiro atoms. The molecule has 3 nitrogen and oxygen atoms in total. The number of unbranched alkanes of at least 4 members (excludes halogenated alkanes) is 1. The molecule has 0 radical (unpaired) electrons. The van der Waals surface area contributed by atoms with E-state index in [4.69, 9.17) is 11.5 Å². The van der Waals surface area contributed by atoms with Crippen molar-refractivity contribution >= 4 is 5.97 Å². The van der Waals surface area contributed by atoms with Crippen molar-refractivity contribution in [3.8, 4) is 12.3 Å². The zero-order valence-corrected chi connectivity index (χ0v) is 8.97. The second-order valence-corrected chi connectivity index (χ2v) is 3.62. The van der Waals surface area contributed by atoms with Crippen LogP contribution >= 0.6 is 0 Å². The van der Waals surface area contributed by atoms with Crippen LogP contribution < -0.4 is 5.32 Å². The highest BCUT2D eigenvalue weighted by molar-refractivity contribution is 5.78. The Balaban J connectivity index is 3.98. The van der Waals surface area contributed by atoms with Crippen molar-refractivity contribution in [2.75, 3.05) is 6.54 Å². The normalized spacial score (nSPS) is 14.4. The molecule has 14 heavy (non-hydrogen) atoms. The topological polar surface area (TPSA) is 49.3 Å². The molecule has 0 aromatic heterocycles. The lowest BCUT2D eigenvalue weighted by molar-refractivity contribution is -0.144. The van der Waals surface area contributed by atoms with Gasteiger partial charge in [-0.1, -0.05) is 13.3 Å². The molecule has 0 aromatic carbocycles. The van der Waals surface area contributed by atoms with Gasteiger partial charge in [0.05, 0.1) is 0 Å². The summed E-state index contributed by atoms with van der Waals surface area (Å²) in [6.07, 6.45) is 8.10. The van der Waals surface area contributed by atoms with Gasteiger partial charge in [0.1, 0.15) is 5.54 Å². The van der Waals surface area contributed by atoms with E-state index in [0.717, 1.165) is 12.8 Å². The van der Waals surface area contributed by atoms with Crippen LogP contribution in [0.3, 0.4) is 0 Å². The Hall–Kier alpha value is -1.01. The Morgan fingerprint density at radius 1 is 1.64 bits per heavy atom. The van der Waals surface area contributed by atoms with Gasteiger partial charge in [0, 0.05) is 6.42 Å². The highest BCUT2D eigenvalue weighted by Gasteiger charge is 2.30. The van der Waals surface area contributed by atoms with E-state index in [0.29, 0.717) is 19.4 Å². The zero-order chi connectivity index (χ0) is 11.0. The summed E-state index contributed by atoms with van der Waals surface area (Å²) < 4.78 is 0. The third-order valence-electron chi connectivity index (χ3n) is 2.24. The van der Waals surface area contributed by atoms with Gasteiger partial charge in [-0.3, -0.25) is 4.79 Å². The molecule has 0 rings (SSSR count). The number of hydrogen-bond acceptors (Lipinski definition) is 2. The number of carbonyl (C=O) groups is 1. The minimum atomic E-state index is -0.802. The number of aliphatic carboxylic acids is 1. The van der Waals surface area contributed by atoms with Crippen molar-refractivity contribution < 1.29 is 9.90 Å². The fraction of sp³-hybridized carbons (Fsp3) is 0.727. The first-order valence-electron chi connectivity index (χ1n) is 4.98. The first-order valence-corrected chi connectivity index (χ1v) is 4.98. The monoisotopic (exact) mass is 197 g/mol. The lowest BCUT2D eigenvalue weighted by Gasteiger charge is -2.25. The van der Waals surface area contributed by atoms with E-state index in [9.17, 15) is 4.79 Å². The van der Waals surface area contributed by atoms with Crippen molar-refractivity contribution in [3.05, 3.63) is 0 Å². The van der Waals surface area contributed by atoms with E-state index in [1.54, 1.807) is 6.92 Å². The molecule has 2 N–H and O–H groups in total. The predicted molar refractivity (Wildman–Crippen MR) is 57.0 cm³/mol. The molecular weight excluding hydrogens is 178 g/mol. The molecule has 0 aliphatic rings.